The van der Waals surface area contributed by atoms with Gasteiger partial charge in [0.25, 0.3) is 0 Å². The highest BCUT2D eigenvalue weighted by Gasteiger charge is 2.37. The predicted molar refractivity (Wildman–Crippen MR) is 247 cm³/mol. The van der Waals surface area contributed by atoms with Gasteiger partial charge in [-0.25, -0.2) is 4.98 Å². The second-order valence-corrected chi connectivity index (χ2v) is 17.0. The highest BCUT2D eigenvalue weighted by atomic mass is 32.1. The first-order chi connectivity index (χ1) is 28.5. The molecule has 11 aromatic rings. The molecule has 2 aromatic heterocycles. The third kappa shape index (κ3) is 4.88. The number of para-hydroxylation sites is 3. The van der Waals surface area contributed by atoms with Crippen molar-refractivity contribution in [3.8, 4) is 27.4 Å². The van der Waals surface area contributed by atoms with Crippen LogP contribution in [0, 0.1) is 0 Å². The van der Waals surface area contributed by atoms with Gasteiger partial charge in [-0.15, -0.1) is 11.3 Å². The van der Waals surface area contributed by atoms with E-state index in [1.165, 1.54) is 75.9 Å². The molecule has 0 fully saturated rings. The summed E-state index contributed by atoms with van der Waals surface area (Å²) in [4.78, 5) is 7.46. The molecule has 0 atom stereocenters. The third-order valence-electron chi connectivity index (χ3n) is 12.3. The van der Waals surface area contributed by atoms with Crippen molar-refractivity contribution in [1.82, 2.24) is 9.55 Å². The van der Waals surface area contributed by atoms with Crippen LogP contribution in [0.4, 0.5) is 17.1 Å². The van der Waals surface area contributed by atoms with Crippen molar-refractivity contribution in [2.24, 2.45) is 0 Å². The Labute approximate surface area is 340 Å². The molecule has 0 saturated heterocycles. The zero-order valence-electron chi connectivity index (χ0n) is 32.1. The summed E-state index contributed by atoms with van der Waals surface area (Å²) >= 11 is 1.80. The second kappa shape index (κ2) is 12.5. The summed E-state index contributed by atoms with van der Waals surface area (Å²) in [5.41, 5.74) is 14.4. The molecule has 1 aliphatic carbocycles. The van der Waals surface area contributed by atoms with Gasteiger partial charge >= 0.3 is 0 Å². The van der Waals surface area contributed by atoms with Crippen molar-refractivity contribution < 1.29 is 0 Å². The Morgan fingerprint density at radius 3 is 2.02 bits per heavy atom. The molecular weight excluding hydrogens is 723 g/mol. The Balaban J connectivity index is 0.997. The van der Waals surface area contributed by atoms with Crippen molar-refractivity contribution in [2.75, 3.05) is 4.90 Å². The number of thiazole rings is 1. The van der Waals surface area contributed by atoms with Crippen LogP contribution in [0.25, 0.3) is 81.0 Å². The van der Waals surface area contributed by atoms with Gasteiger partial charge in [0.05, 0.1) is 21.3 Å². The number of aromatic nitrogens is 2. The molecule has 274 valence electrons. The predicted octanol–water partition coefficient (Wildman–Crippen LogP) is 15.1. The normalized spacial score (nSPS) is 13.1. The Morgan fingerprint density at radius 1 is 0.500 bits per heavy atom. The number of nitrogens with zero attached hydrogens (tertiary/aromatic N) is 3. The quantitative estimate of drug-likeness (QED) is 0.174. The van der Waals surface area contributed by atoms with Gasteiger partial charge in [-0.3, -0.25) is 0 Å². The number of anilines is 3. The maximum Gasteiger partial charge on any atom is 0.124 e. The van der Waals surface area contributed by atoms with E-state index in [4.69, 9.17) is 4.98 Å². The highest BCUT2D eigenvalue weighted by Crippen LogP contribution is 2.54. The molecule has 0 bridgehead atoms. The summed E-state index contributed by atoms with van der Waals surface area (Å²) in [6, 6.07) is 68.7. The van der Waals surface area contributed by atoms with Crippen LogP contribution in [0.5, 0.6) is 0 Å². The maximum atomic E-state index is 5.06. The van der Waals surface area contributed by atoms with Crippen LogP contribution in [0.2, 0.25) is 0 Å². The molecule has 4 heteroatoms. The lowest BCUT2D eigenvalue weighted by Crippen LogP contribution is -2.15. The Bertz CT molecular complexity index is 3420. The molecule has 58 heavy (non-hydrogen) atoms. The summed E-state index contributed by atoms with van der Waals surface area (Å²) < 4.78 is 3.63. The average Bonchev–Trinajstić information content (AvgIpc) is 3.93. The molecule has 0 radical (unpaired) electrons. The van der Waals surface area contributed by atoms with E-state index in [-0.39, 0.29) is 5.41 Å². The van der Waals surface area contributed by atoms with Gasteiger partial charge in [0.2, 0.25) is 0 Å². The smallest absolute Gasteiger partial charge is 0.124 e. The minimum atomic E-state index is -0.188. The van der Waals surface area contributed by atoms with E-state index < -0.39 is 0 Å². The van der Waals surface area contributed by atoms with Gasteiger partial charge in [-0.2, -0.15) is 0 Å². The van der Waals surface area contributed by atoms with E-state index in [0.29, 0.717) is 0 Å². The summed E-state index contributed by atoms with van der Waals surface area (Å²) in [7, 11) is 0. The zero-order valence-corrected chi connectivity index (χ0v) is 33.0. The van der Waals surface area contributed by atoms with E-state index in [0.717, 1.165) is 33.3 Å². The van der Waals surface area contributed by atoms with E-state index in [1.807, 2.05) is 0 Å². The molecule has 0 N–H and O–H groups in total. The largest absolute Gasteiger partial charge is 0.310 e. The second-order valence-electron chi connectivity index (χ2n) is 16.0. The minimum absolute atomic E-state index is 0.188. The van der Waals surface area contributed by atoms with Crippen molar-refractivity contribution in [2.45, 2.75) is 19.3 Å². The van der Waals surface area contributed by atoms with Crippen LogP contribution >= 0.6 is 11.3 Å². The lowest BCUT2D eigenvalue weighted by molar-refractivity contribution is 0.667. The van der Waals surface area contributed by atoms with E-state index >= 15 is 0 Å². The number of hydrogen-bond donors (Lipinski definition) is 0. The zero-order chi connectivity index (χ0) is 38.5. The molecular formula is C54H37N3S. The molecule has 0 amide bonds. The van der Waals surface area contributed by atoms with Crippen molar-refractivity contribution in [1.29, 1.82) is 0 Å². The highest BCUT2D eigenvalue weighted by molar-refractivity contribution is 7.22. The van der Waals surface area contributed by atoms with E-state index in [2.05, 4.69) is 211 Å². The Morgan fingerprint density at radius 2 is 1.19 bits per heavy atom. The number of fused-ring (bicyclic) bond motifs is 11. The number of rotatable bonds is 5. The molecule has 3 nitrogen and oxygen atoms in total. The van der Waals surface area contributed by atoms with Crippen LogP contribution in [0.1, 0.15) is 25.0 Å². The lowest BCUT2D eigenvalue weighted by atomic mass is 9.80. The van der Waals surface area contributed by atoms with Crippen LogP contribution in [0.15, 0.2) is 188 Å². The molecule has 0 unspecified atom stereocenters. The molecule has 12 rings (SSSR count). The molecule has 0 saturated carbocycles. The molecule has 9 aromatic carbocycles. The van der Waals surface area contributed by atoms with Gasteiger partial charge in [0.15, 0.2) is 0 Å². The average molecular weight is 760 g/mol. The summed E-state index contributed by atoms with van der Waals surface area (Å²) in [5.74, 6) is 0. The van der Waals surface area contributed by atoms with Crippen molar-refractivity contribution >= 4 is 82.0 Å². The summed E-state index contributed by atoms with van der Waals surface area (Å²) in [6.07, 6.45) is 0. The monoisotopic (exact) mass is 759 g/mol. The van der Waals surface area contributed by atoms with E-state index in [1.54, 1.807) is 11.3 Å². The van der Waals surface area contributed by atoms with Gasteiger partial charge in [-0.1, -0.05) is 123 Å². The summed E-state index contributed by atoms with van der Waals surface area (Å²) in [5, 5.41) is 8.62. The van der Waals surface area contributed by atoms with Gasteiger partial charge in [-0.05, 0) is 117 Å². The molecule has 1 aliphatic rings. The first-order valence-corrected chi connectivity index (χ1v) is 20.8. The maximum absolute atomic E-state index is 5.06. The lowest BCUT2D eigenvalue weighted by Gasteiger charge is -2.26. The topological polar surface area (TPSA) is 21.1 Å². The van der Waals surface area contributed by atoms with Crippen LogP contribution in [-0.2, 0) is 5.41 Å². The number of benzene rings is 9. The Kier molecular flexibility index (Phi) is 7.14. The van der Waals surface area contributed by atoms with Crippen LogP contribution in [0.3, 0.4) is 0 Å². The standard InChI is InChI=1S/C54H37N3S/c1-54(2)47-32-36-30-39(23-22-35(36)31-45(47)43-25-26-44-42(51(43)54)27-28-48-52(44)58-53(55-48)34-14-6-3-7-15-34)56(37-16-8-4-9-17-37)40-24-29-50-46(33-40)41-20-12-13-21-49(41)57(50)38-18-10-5-11-19-38/h3-33H,1-2H3. The van der Waals surface area contributed by atoms with Gasteiger partial charge in [0.1, 0.15) is 5.01 Å². The van der Waals surface area contributed by atoms with E-state index in [9.17, 15) is 0 Å². The molecule has 2 heterocycles. The fraction of sp³-hybridized carbons (Fsp3) is 0.0556. The number of hydrogen-bond acceptors (Lipinski definition) is 3. The first kappa shape index (κ1) is 33.2. The first-order valence-electron chi connectivity index (χ1n) is 20.0. The van der Waals surface area contributed by atoms with Gasteiger partial charge < -0.3 is 9.47 Å². The van der Waals surface area contributed by atoms with Crippen LogP contribution in [-0.4, -0.2) is 9.55 Å². The SMILES string of the molecule is CC1(C)c2cc3cc(N(c4ccccc4)c4ccc5c(c4)c4ccccc4n5-c4ccccc4)ccc3cc2-c2ccc3c(ccc4nc(-c5ccccc5)sc43)c21. The molecule has 0 spiro atoms. The minimum Gasteiger partial charge on any atom is -0.310 e. The third-order valence-corrected chi connectivity index (χ3v) is 13.5. The van der Waals surface area contributed by atoms with Crippen molar-refractivity contribution in [3.63, 3.8) is 0 Å². The fourth-order valence-electron chi connectivity index (χ4n) is 9.67. The van der Waals surface area contributed by atoms with Crippen molar-refractivity contribution in [3.05, 3.63) is 199 Å². The fourth-order valence-corrected chi connectivity index (χ4v) is 10.8. The Hall–Kier alpha value is -7.01. The van der Waals surface area contributed by atoms with Crippen LogP contribution < -0.4 is 4.90 Å². The molecule has 0 aliphatic heterocycles. The van der Waals surface area contributed by atoms with Gasteiger partial charge in [0, 0.05) is 49.9 Å². The summed E-state index contributed by atoms with van der Waals surface area (Å²) in [6.45, 7) is 4.80.